The van der Waals surface area contributed by atoms with Gasteiger partial charge in [0.1, 0.15) is 0 Å². The molecule has 0 atom stereocenters. The molecule has 4 rings (SSSR count). The summed E-state index contributed by atoms with van der Waals surface area (Å²) in [4.78, 5) is 0. The standard InChI is InChI=1S/2C9H8F4N.2C5H5.Ti/c2*1-9(2,14)6-7(12)4(10)3-5(11)8(6)13;2*1-2-4-5-3-1;/h2*14H2,1-2H3;2*1-3H,4H2;. The summed E-state index contributed by atoms with van der Waals surface area (Å²) in [5.74, 6) is -15.1. The Morgan fingerprint density at radius 3 is 1.03 bits per heavy atom. The topological polar surface area (TPSA) is 52.0 Å². The van der Waals surface area contributed by atoms with E-state index in [2.05, 4.69) is 0 Å². The SMILES string of the molecule is CC(C)(N)c1c(F)c(F)[c]([Ti]([C]2=CC=CC2)([C]2=CC=CC2)[c]2c(F)c(F)c(C(C)(C)N)c(F)c2F)c(F)c1F. The second-order valence-corrected chi connectivity index (χ2v) is 16.8. The van der Waals surface area contributed by atoms with Gasteiger partial charge < -0.3 is 0 Å². The zero-order valence-electron chi connectivity index (χ0n) is 21.6. The van der Waals surface area contributed by atoms with Crippen LogP contribution in [0.5, 0.6) is 0 Å². The first kappa shape index (κ1) is 29.5. The first-order chi connectivity index (χ1) is 18.0. The van der Waals surface area contributed by atoms with E-state index in [4.69, 9.17) is 11.5 Å². The van der Waals surface area contributed by atoms with Crippen LogP contribution < -0.4 is 19.2 Å². The van der Waals surface area contributed by atoms with Gasteiger partial charge in [0, 0.05) is 0 Å². The van der Waals surface area contributed by atoms with Gasteiger partial charge in [-0.2, -0.15) is 0 Å². The maximum atomic E-state index is 16.1. The van der Waals surface area contributed by atoms with Crippen molar-refractivity contribution in [3.8, 4) is 0 Å². The van der Waals surface area contributed by atoms with Gasteiger partial charge in [0.25, 0.3) is 0 Å². The first-order valence-electron chi connectivity index (χ1n) is 12.0. The maximum absolute atomic E-state index is 16.1. The molecule has 0 aromatic heterocycles. The molecule has 0 bridgehead atoms. The molecule has 2 aromatic rings. The third kappa shape index (κ3) is 4.36. The van der Waals surface area contributed by atoms with Crippen LogP contribution in [-0.2, 0) is 27.7 Å². The average molecular weight is 590 g/mol. The van der Waals surface area contributed by atoms with Gasteiger partial charge in [-0.05, 0) is 0 Å². The third-order valence-corrected chi connectivity index (χ3v) is 15.0. The molecule has 4 N–H and O–H groups in total. The monoisotopic (exact) mass is 590 g/mol. The number of allylic oxidation sites excluding steroid dienone is 8. The normalized spacial score (nSPS) is 15.8. The molecule has 0 spiro atoms. The van der Waals surface area contributed by atoms with E-state index in [1.54, 1.807) is 0 Å². The zero-order chi connectivity index (χ0) is 29.2. The average Bonchev–Trinajstić information content (AvgIpc) is 3.54. The van der Waals surface area contributed by atoms with Crippen LogP contribution in [0.4, 0.5) is 35.1 Å². The number of hydrogen-bond donors (Lipinski definition) is 2. The van der Waals surface area contributed by atoms with Crippen molar-refractivity contribution in [3.63, 3.8) is 0 Å². The van der Waals surface area contributed by atoms with Crippen LogP contribution in [0.2, 0.25) is 0 Å². The molecule has 0 amide bonds. The summed E-state index contributed by atoms with van der Waals surface area (Å²) < 4.78 is 124. The molecule has 208 valence electrons. The van der Waals surface area contributed by atoms with Crippen molar-refractivity contribution in [2.75, 3.05) is 0 Å². The van der Waals surface area contributed by atoms with Crippen molar-refractivity contribution in [2.45, 2.75) is 51.6 Å². The molecule has 0 fully saturated rings. The Kier molecular flexibility index (Phi) is 7.43. The Labute approximate surface area is 224 Å². The summed E-state index contributed by atoms with van der Waals surface area (Å²) in [5, 5.41) is 0. The summed E-state index contributed by atoms with van der Waals surface area (Å²) in [6, 6.07) is 0. The minimum atomic E-state index is -5.88. The van der Waals surface area contributed by atoms with Crippen LogP contribution >= 0.6 is 0 Å². The van der Waals surface area contributed by atoms with Crippen molar-refractivity contribution in [3.05, 3.63) is 102 Å². The molecule has 0 saturated heterocycles. The Morgan fingerprint density at radius 1 is 0.538 bits per heavy atom. The van der Waals surface area contributed by atoms with E-state index >= 15 is 35.1 Å². The number of benzene rings is 2. The second kappa shape index (κ2) is 9.83. The van der Waals surface area contributed by atoms with Crippen molar-refractivity contribution < 1.29 is 51.7 Å². The molecule has 11 heteroatoms. The fraction of sp³-hybridized carbons (Fsp3) is 0.286. The van der Waals surface area contributed by atoms with Gasteiger partial charge in [-0.3, -0.25) is 0 Å². The third-order valence-electron chi connectivity index (χ3n) is 7.07. The summed E-state index contributed by atoms with van der Waals surface area (Å²) in [6.45, 7) is 4.47. The summed E-state index contributed by atoms with van der Waals surface area (Å²) >= 11 is -5.88. The zero-order valence-corrected chi connectivity index (χ0v) is 23.1. The van der Waals surface area contributed by atoms with Gasteiger partial charge >= 0.3 is 224 Å². The van der Waals surface area contributed by atoms with E-state index in [0.717, 1.165) is 27.7 Å². The van der Waals surface area contributed by atoms with Crippen LogP contribution in [0.3, 0.4) is 0 Å². The van der Waals surface area contributed by atoms with Gasteiger partial charge in [-0.25, -0.2) is 0 Å². The summed E-state index contributed by atoms with van der Waals surface area (Å²) in [7, 11) is 0. The molecular weight excluding hydrogens is 564 g/mol. The van der Waals surface area contributed by atoms with E-state index in [0.29, 0.717) is 0 Å². The van der Waals surface area contributed by atoms with Gasteiger partial charge in [-0.15, -0.1) is 0 Å². The van der Waals surface area contributed by atoms with E-state index < -0.39 is 93.1 Å². The molecule has 0 aliphatic heterocycles. The van der Waals surface area contributed by atoms with E-state index in [1.165, 1.54) is 36.5 Å². The predicted octanol–water partition coefficient (Wildman–Crippen LogP) is 5.98. The molecule has 0 radical (unpaired) electrons. The van der Waals surface area contributed by atoms with Crippen molar-refractivity contribution in [1.29, 1.82) is 0 Å². The number of halogens is 8. The molecule has 2 aliphatic carbocycles. The summed E-state index contributed by atoms with van der Waals surface area (Å²) in [6.07, 6.45) is 8.21. The predicted molar refractivity (Wildman–Crippen MR) is 130 cm³/mol. The van der Waals surface area contributed by atoms with Gasteiger partial charge in [0.15, 0.2) is 0 Å². The number of nitrogens with two attached hydrogens (primary N) is 2. The van der Waals surface area contributed by atoms with Crippen molar-refractivity contribution in [1.82, 2.24) is 0 Å². The molecule has 0 heterocycles. The second-order valence-electron chi connectivity index (χ2n) is 10.9. The molecule has 0 saturated carbocycles. The Hall–Kier alpha value is -2.53. The number of rotatable bonds is 6. The van der Waals surface area contributed by atoms with E-state index in [-0.39, 0.29) is 20.6 Å². The fourth-order valence-electron chi connectivity index (χ4n) is 5.48. The molecule has 39 heavy (non-hydrogen) atoms. The van der Waals surface area contributed by atoms with Crippen LogP contribution in [0.15, 0.2) is 44.2 Å². The van der Waals surface area contributed by atoms with Gasteiger partial charge in [0.05, 0.1) is 0 Å². The van der Waals surface area contributed by atoms with Crippen LogP contribution in [0, 0.1) is 46.5 Å². The van der Waals surface area contributed by atoms with Crippen molar-refractivity contribution in [2.24, 2.45) is 11.5 Å². The first-order valence-corrected chi connectivity index (χ1v) is 15.1. The molecule has 0 unspecified atom stereocenters. The Bertz CT molecular complexity index is 1340. The molecule has 2 nitrogen and oxygen atoms in total. The Morgan fingerprint density at radius 2 is 0.821 bits per heavy atom. The summed E-state index contributed by atoms with van der Waals surface area (Å²) in [5.41, 5.74) is 5.55. The van der Waals surface area contributed by atoms with Crippen LogP contribution in [-0.4, -0.2) is 0 Å². The Balaban J connectivity index is 2.31. The molecule has 2 aliphatic rings. The van der Waals surface area contributed by atoms with Gasteiger partial charge in [0.2, 0.25) is 0 Å². The fourth-order valence-corrected chi connectivity index (χ4v) is 13.7. The quantitative estimate of drug-likeness (QED) is 0.247. The minimum absolute atomic E-state index is 0.0117. The molecule has 2 aromatic carbocycles. The van der Waals surface area contributed by atoms with Crippen LogP contribution in [0.25, 0.3) is 0 Å². The molecular formula is C28H26F8N2Ti. The van der Waals surface area contributed by atoms with Gasteiger partial charge in [-0.1, -0.05) is 0 Å². The van der Waals surface area contributed by atoms with E-state index in [1.807, 2.05) is 0 Å². The van der Waals surface area contributed by atoms with Crippen LogP contribution in [0.1, 0.15) is 51.7 Å². The number of hydrogen-bond acceptors (Lipinski definition) is 2. The van der Waals surface area contributed by atoms with E-state index in [9.17, 15) is 0 Å². The van der Waals surface area contributed by atoms with Crippen molar-refractivity contribution >= 4 is 7.74 Å².